The van der Waals surface area contributed by atoms with E-state index in [-0.39, 0.29) is 16.8 Å². The summed E-state index contributed by atoms with van der Waals surface area (Å²) in [5.74, 6) is -0.0717. The van der Waals surface area contributed by atoms with Crippen LogP contribution < -0.4 is 4.74 Å². The van der Waals surface area contributed by atoms with E-state index in [1.165, 1.54) is 6.07 Å². The van der Waals surface area contributed by atoms with Crippen LogP contribution >= 0.6 is 11.6 Å². The molecule has 0 aromatic carbocycles. The van der Waals surface area contributed by atoms with Crippen molar-refractivity contribution in [2.75, 3.05) is 20.3 Å². The summed E-state index contributed by atoms with van der Waals surface area (Å²) < 4.78 is 9.77. The van der Waals surface area contributed by atoms with Crippen LogP contribution in [0.25, 0.3) is 0 Å². The van der Waals surface area contributed by atoms with E-state index in [0.29, 0.717) is 13.2 Å². The fraction of sp³-hybridized carbons (Fsp3) is 0.429. The summed E-state index contributed by atoms with van der Waals surface area (Å²) in [6, 6.07) is 1.26. The summed E-state index contributed by atoms with van der Waals surface area (Å²) in [6.45, 7) is 0.726. The molecule has 0 bridgehead atoms. The van der Waals surface area contributed by atoms with E-state index in [9.17, 15) is 5.11 Å². The van der Waals surface area contributed by atoms with Crippen molar-refractivity contribution in [3.05, 3.63) is 11.2 Å². The van der Waals surface area contributed by atoms with Gasteiger partial charge in [-0.05, 0) is 0 Å². The number of hydrogen-bond acceptors (Lipinski definition) is 5. The molecule has 0 aliphatic carbocycles. The first-order valence-electron chi connectivity index (χ1n) is 3.58. The molecule has 6 heteroatoms. The minimum absolute atomic E-state index is 0.0569. The Morgan fingerprint density at radius 3 is 2.85 bits per heavy atom. The average Bonchev–Trinajstić information content (AvgIpc) is 2.09. The molecule has 72 valence electrons. The number of rotatable bonds is 4. The van der Waals surface area contributed by atoms with E-state index in [2.05, 4.69) is 10.2 Å². The number of nitrogens with zero attached hydrogens (tertiary/aromatic N) is 2. The fourth-order valence-electron chi connectivity index (χ4n) is 0.672. The van der Waals surface area contributed by atoms with Crippen molar-refractivity contribution in [1.82, 2.24) is 10.2 Å². The molecule has 1 N–H and O–H groups in total. The maximum atomic E-state index is 9.24. The van der Waals surface area contributed by atoms with Crippen LogP contribution in [-0.4, -0.2) is 35.6 Å². The van der Waals surface area contributed by atoms with Gasteiger partial charge in [0, 0.05) is 13.2 Å². The van der Waals surface area contributed by atoms with Gasteiger partial charge < -0.3 is 14.6 Å². The number of halogens is 1. The van der Waals surface area contributed by atoms with Gasteiger partial charge in [-0.2, -0.15) is 0 Å². The zero-order valence-electron chi connectivity index (χ0n) is 7.03. The fourth-order valence-corrected chi connectivity index (χ4v) is 0.813. The van der Waals surface area contributed by atoms with Gasteiger partial charge in [0.25, 0.3) is 5.88 Å². The van der Waals surface area contributed by atoms with Crippen LogP contribution in [0.5, 0.6) is 11.6 Å². The molecule has 0 radical (unpaired) electrons. The normalized spacial score (nSPS) is 10.0. The van der Waals surface area contributed by atoms with E-state index < -0.39 is 0 Å². The highest BCUT2D eigenvalue weighted by atomic mass is 35.5. The lowest BCUT2D eigenvalue weighted by molar-refractivity contribution is 0.141. The Balaban J connectivity index is 2.56. The molecular formula is C7H9ClN2O3. The predicted molar refractivity (Wildman–Crippen MR) is 46.1 cm³/mol. The lowest BCUT2D eigenvalue weighted by Crippen LogP contribution is -2.06. The third-order valence-corrected chi connectivity index (χ3v) is 1.42. The molecule has 0 fully saturated rings. The largest absolute Gasteiger partial charge is 0.503 e. The van der Waals surface area contributed by atoms with Gasteiger partial charge in [-0.3, -0.25) is 0 Å². The minimum Gasteiger partial charge on any atom is -0.503 e. The van der Waals surface area contributed by atoms with Crippen LogP contribution in [0.3, 0.4) is 0 Å². The predicted octanol–water partition coefficient (Wildman–Crippen LogP) is 0.861. The van der Waals surface area contributed by atoms with Gasteiger partial charge in [0.05, 0.1) is 6.61 Å². The highest BCUT2D eigenvalue weighted by Gasteiger charge is 2.05. The third kappa shape index (κ3) is 3.04. The van der Waals surface area contributed by atoms with E-state index in [0.717, 1.165) is 0 Å². The Hall–Kier alpha value is -1.07. The number of hydrogen-bond donors (Lipinski definition) is 1. The van der Waals surface area contributed by atoms with Gasteiger partial charge in [0.1, 0.15) is 6.61 Å². The summed E-state index contributed by atoms with van der Waals surface area (Å²) in [6.07, 6.45) is 0. The SMILES string of the molecule is COCCOc1nnc(Cl)cc1O. The molecular weight excluding hydrogens is 196 g/mol. The Morgan fingerprint density at radius 2 is 2.23 bits per heavy atom. The zero-order valence-corrected chi connectivity index (χ0v) is 7.78. The summed E-state index contributed by atoms with van der Waals surface area (Å²) in [5, 5.41) is 16.4. The highest BCUT2D eigenvalue weighted by Crippen LogP contribution is 2.23. The van der Waals surface area contributed by atoms with E-state index >= 15 is 0 Å². The molecule has 0 unspecified atom stereocenters. The van der Waals surface area contributed by atoms with Crippen LogP contribution in [0.2, 0.25) is 5.15 Å². The maximum Gasteiger partial charge on any atom is 0.276 e. The lowest BCUT2D eigenvalue weighted by atomic mass is 10.5. The van der Waals surface area contributed by atoms with Crippen LogP contribution in [0.4, 0.5) is 0 Å². The van der Waals surface area contributed by atoms with Gasteiger partial charge in [0.2, 0.25) is 0 Å². The third-order valence-electron chi connectivity index (χ3n) is 1.24. The number of methoxy groups -OCH3 is 1. The molecule has 0 aliphatic heterocycles. The molecule has 1 heterocycles. The highest BCUT2D eigenvalue weighted by molar-refractivity contribution is 6.29. The Bertz CT molecular complexity index is 282. The van der Waals surface area contributed by atoms with Crippen molar-refractivity contribution < 1.29 is 14.6 Å². The molecule has 0 spiro atoms. The van der Waals surface area contributed by atoms with Crippen molar-refractivity contribution in [2.24, 2.45) is 0 Å². The quantitative estimate of drug-likeness (QED) is 0.737. The van der Waals surface area contributed by atoms with Gasteiger partial charge in [-0.15, -0.1) is 10.2 Å². The molecule has 1 aromatic heterocycles. The maximum absolute atomic E-state index is 9.24. The molecule has 1 aromatic rings. The van der Waals surface area contributed by atoms with Crippen molar-refractivity contribution >= 4 is 11.6 Å². The van der Waals surface area contributed by atoms with E-state index in [4.69, 9.17) is 21.1 Å². The van der Waals surface area contributed by atoms with Crippen molar-refractivity contribution in [1.29, 1.82) is 0 Å². The first-order chi connectivity index (χ1) is 6.24. The van der Waals surface area contributed by atoms with Crippen LogP contribution in [-0.2, 0) is 4.74 Å². The molecule has 0 aliphatic rings. The standard InChI is InChI=1S/C7H9ClN2O3/c1-12-2-3-13-7-5(11)4-6(8)9-10-7/h4H,2-3H2,1H3,(H,9,11). The van der Waals surface area contributed by atoms with Crippen LogP contribution in [0.1, 0.15) is 0 Å². The van der Waals surface area contributed by atoms with E-state index in [1.807, 2.05) is 0 Å². The smallest absolute Gasteiger partial charge is 0.276 e. The Labute approximate surface area is 80.3 Å². The van der Waals surface area contributed by atoms with Crippen LogP contribution in [0, 0.1) is 0 Å². The van der Waals surface area contributed by atoms with Gasteiger partial charge in [-0.25, -0.2) is 0 Å². The first-order valence-corrected chi connectivity index (χ1v) is 3.95. The van der Waals surface area contributed by atoms with Gasteiger partial charge in [-0.1, -0.05) is 11.6 Å². The van der Waals surface area contributed by atoms with Gasteiger partial charge >= 0.3 is 0 Å². The molecule has 1 rings (SSSR count). The Kier molecular flexibility index (Phi) is 3.72. The summed E-state index contributed by atoms with van der Waals surface area (Å²) >= 11 is 5.46. The first kappa shape index (κ1) is 10.0. The zero-order chi connectivity index (χ0) is 9.68. The van der Waals surface area contributed by atoms with Crippen molar-refractivity contribution in [3.8, 4) is 11.6 Å². The monoisotopic (exact) mass is 204 g/mol. The summed E-state index contributed by atoms with van der Waals surface area (Å²) in [5.41, 5.74) is 0. The number of aromatic hydroxyl groups is 1. The molecule has 13 heavy (non-hydrogen) atoms. The second kappa shape index (κ2) is 4.84. The molecule has 0 amide bonds. The molecule has 5 nitrogen and oxygen atoms in total. The average molecular weight is 205 g/mol. The molecule has 0 saturated heterocycles. The van der Waals surface area contributed by atoms with Gasteiger partial charge in [0.15, 0.2) is 10.9 Å². The molecule has 0 atom stereocenters. The van der Waals surface area contributed by atoms with E-state index in [1.54, 1.807) is 7.11 Å². The molecule has 0 saturated carbocycles. The minimum atomic E-state index is -0.129. The van der Waals surface area contributed by atoms with Crippen LogP contribution in [0.15, 0.2) is 6.07 Å². The number of aromatic nitrogens is 2. The second-order valence-corrected chi connectivity index (χ2v) is 2.59. The Morgan fingerprint density at radius 1 is 1.46 bits per heavy atom. The van der Waals surface area contributed by atoms with Crippen molar-refractivity contribution in [3.63, 3.8) is 0 Å². The summed E-state index contributed by atoms with van der Waals surface area (Å²) in [7, 11) is 1.55. The second-order valence-electron chi connectivity index (χ2n) is 2.20. The number of ether oxygens (including phenoxy) is 2. The topological polar surface area (TPSA) is 64.5 Å². The van der Waals surface area contributed by atoms with Crippen molar-refractivity contribution in [2.45, 2.75) is 0 Å². The summed E-state index contributed by atoms with van der Waals surface area (Å²) in [4.78, 5) is 0. The lowest BCUT2D eigenvalue weighted by Gasteiger charge is -2.04.